The van der Waals surface area contributed by atoms with Crippen LogP contribution < -0.4 is 0 Å². The summed E-state index contributed by atoms with van der Waals surface area (Å²) in [5.74, 6) is 1.48. The number of nitrogens with zero attached hydrogens (tertiary/aromatic N) is 5. The Morgan fingerprint density at radius 1 is 1.18 bits per heavy atom. The number of likely N-dealkylation sites (tertiary alicyclic amines) is 1. The lowest BCUT2D eigenvalue weighted by Gasteiger charge is -2.29. The van der Waals surface area contributed by atoms with Gasteiger partial charge in [0.05, 0.1) is 24.8 Å². The molecule has 1 atom stereocenters. The molecular weight excluding hydrogens is 458 g/mol. The number of hydrogen-bond donors (Lipinski definition) is 0. The normalized spacial score (nSPS) is 20.2. The highest BCUT2D eigenvalue weighted by molar-refractivity contribution is 7.89. The van der Waals surface area contributed by atoms with Gasteiger partial charge in [-0.15, -0.1) is 0 Å². The highest BCUT2D eigenvalue weighted by Crippen LogP contribution is 2.28. The fourth-order valence-corrected chi connectivity index (χ4v) is 6.23. The summed E-state index contributed by atoms with van der Waals surface area (Å²) in [6.45, 7) is 10.9. The van der Waals surface area contributed by atoms with E-state index in [-0.39, 0.29) is 10.9 Å². The van der Waals surface area contributed by atoms with Crippen LogP contribution in [0.1, 0.15) is 46.1 Å². The maximum atomic E-state index is 13.2. The largest absolute Gasteiger partial charge is 0.379 e. The zero-order chi connectivity index (χ0) is 23.6. The Morgan fingerprint density at radius 3 is 2.55 bits per heavy atom. The van der Waals surface area contributed by atoms with E-state index in [0.29, 0.717) is 37.7 Å². The summed E-state index contributed by atoms with van der Waals surface area (Å²) >= 11 is 5.85. The minimum absolute atomic E-state index is 0.155. The number of benzene rings is 1. The molecule has 4 rings (SSSR count). The minimum Gasteiger partial charge on any atom is -0.379 e. The molecular formula is C23H35N5O3S2. The van der Waals surface area contributed by atoms with Crippen LogP contribution in [0.5, 0.6) is 0 Å². The molecule has 2 saturated heterocycles. The maximum absolute atomic E-state index is 13.2. The monoisotopic (exact) mass is 493 g/mol. The molecule has 2 aromatic rings. The minimum atomic E-state index is -3.59. The Kier molecular flexibility index (Phi) is 7.69. The van der Waals surface area contributed by atoms with Gasteiger partial charge in [-0.3, -0.25) is 9.47 Å². The third-order valence-corrected chi connectivity index (χ3v) is 9.11. The number of piperidine rings is 1. The lowest BCUT2D eigenvalue weighted by molar-refractivity contribution is 0.0730. The molecule has 0 aliphatic carbocycles. The summed E-state index contributed by atoms with van der Waals surface area (Å²) in [6.07, 6.45) is 3.28. The van der Waals surface area contributed by atoms with Gasteiger partial charge in [0, 0.05) is 37.8 Å². The van der Waals surface area contributed by atoms with E-state index in [9.17, 15) is 8.42 Å². The van der Waals surface area contributed by atoms with E-state index in [1.54, 1.807) is 18.2 Å². The van der Waals surface area contributed by atoms with E-state index in [0.717, 1.165) is 36.8 Å². The molecule has 0 saturated carbocycles. The molecule has 0 bridgehead atoms. The van der Waals surface area contributed by atoms with Gasteiger partial charge in [-0.25, -0.2) is 13.1 Å². The van der Waals surface area contributed by atoms with Crippen LogP contribution in [0, 0.1) is 10.7 Å². The van der Waals surface area contributed by atoms with Crippen molar-refractivity contribution in [3.63, 3.8) is 0 Å². The summed E-state index contributed by atoms with van der Waals surface area (Å²) in [5.41, 5.74) is 0.766. The number of rotatable bonds is 7. The quantitative estimate of drug-likeness (QED) is 0.547. The molecule has 182 valence electrons. The molecule has 0 amide bonds. The van der Waals surface area contributed by atoms with Gasteiger partial charge in [-0.05, 0) is 56.5 Å². The van der Waals surface area contributed by atoms with Gasteiger partial charge in [0.1, 0.15) is 0 Å². The molecule has 0 spiro atoms. The highest BCUT2D eigenvalue weighted by Gasteiger charge is 2.27. The third-order valence-electron chi connectivity index (χ3n) is 6.81. The number of ether oxygens (including phenoxy) is 1. The number of aromatic nitrogens is 3. The summed E-state index contributed by atoms with van der Waals surface area (Å²) in [5, 5.41) is 4.90. The van der Waals surface area contributed by atoms with Gasteiger partial charge in [0.25, 0.3) is 0 Å². The molecule has 33 heavy (non-hydrogen) atoms. The van der Waals surface area contributed by atoms with Crippen LogP contribution in [0.2, 0.25) is 0 Å². The van der Waals surface area contributed by atoms with Gasteiger partial charge in [0.15, 0.2) is 10.6 Å². The predicted molar refractivity (Wildman–Crippen MR) is 131 cm³/mol. The first-order valence-corrected chi connectivity index (χ1v) is 13.8. The molecule has 10 heteroatoms. The molecule has 8 nitrogen and oxygen atoms in total. The van der Waals surface area contributed by atoms with E-state index in [1.165, 1.54) is 17.1 Å². The average Bonchev–Trinajstić information content (AvgIpc) is 3.16. The van der Waals surface area contributed by atoms with Crippen molar-refractivity contribution in [1.29, 1.82) is 0 Å². The van der Waals surface area contributed by atoms with Gasteiger partial charge < -0.3 is 4.74 Å². The van der Waals surface area contributed by atoms with Gasteiger partial charge in [-0.2, -0.15) is 9.40 Å². The van der Waals surface area contributed by atoms with Crippen molar-refractivity contribution < 1.29 is 13.2 Å². The molecule has 1 aromatic carbocycles. The second kappa shape index (κ2) is 10.4. The number of sulfonamides is 1. The second-order valence-electron chi connectivity index (χ2n) is 9.22. The number of hydrogen-bond acceptors (Lipinski definition) is 6. The van der Waals surface area contributed by atoms with Crippen molar-refractivity contribution in [3.8, 4) is 11.4 Å². The second-order valence-corrected chi connectivity index (χ2v) is 11.5. The first kappa shape index (κ1) is 24.5. The Bertz CT molecular complexity index is 1110. The van der Waals surface area contributed by atoms with Gasteiger partial charge in [-0.1, -0.05) is 26.0 Å². The standard InChI is InChI=1S/C23H35N5O3S2/c1-4-19(3)28-22(24-27(23(28)32)17-25-10-8-18(2)9-11-25)20-6-5-7-21(16-20)33(29,30)26-12-14-31-15-13-26/h5-7,16,18-19H,4,8-15,17H2,1-3H3/t19-/m0/s1. The Hall–Kier alpha value is -1.59. The third kappa shape index (κ3) is 5.24. The van der Waals surface area contributed by atoms with Gasteiger partial charge >= 0.3 is 0 Å². The molecule has 2 fully saturated rings. The van der Waals surface area contributed by atoms with Crippen LogP contribution in [-0.2, 0) is 21.4 Å². The molecule has 0 radical (unpaired) electrons. The summed E-state index contributed by atoms with van der Waals surface area (Å²) in [7, 11) is -3.59. The van der Waals surface area contributed by atoms with E-state index < -0.39 is 10.0 Å². The summed E-state index contributed by atoms with van der Waals surface area (Å²) < 4.78 is 37.9. The van der Waals surface area contributed by atoms with E-state index in [2.05, 4.69) is 30.2 Å². The first-order chi connectivity index (χ1) is 15.8. The Morgan fingerprint density at radius 2 is 1.88 bits per heavy atom. The SMILES string of the molecule is CC[C@H](C)n1c(-c2cccc(S(=O)(=O)N3CCOCC3)c2)nn(CN2CCC(C)CC2)c1=S. The van der Waals surface area contributed by atoms with Crippen molar-refractivity contribution in [3.05, 3.63) is 29.0 Å². The van der Waals surface area contributed by atoms with Crippen LogP contribution in [0.15, 0.2) is 29.2 Å². The molecule has 3 heterocycles. The molecule has 0 unspecified atom stereocenters. The average molecular weight is 494 g/mol. The van der Waals surface area contributed by atoms with Crippen LogP contribution >= 0.6 is 12.2 Å². The van der Waals surface area contributed by atoms with Crippen molar-refractivity contribution >= 4 is 22.2 Å². The Balaban J connectivity index is 1.69. The first-order valence-electron chi connectivity index (χ1n) is 11.9. The zero-order valence-corrected chi connectivity index (χ0v) is 21.4. The lowest BCUT2D eigenvalue weighted by atomic mass is 10.00. The predicted octanol–water partition coefficient (Wildman–Crippen LogP) is 3.76. The fourth-order valence-electron chi connectivity index (χ4n) is 4.41. The zero-order valence-electron chi connectivity index (χ0n) is 19.8. The van der Waals surface area contributed by atoms with Crippen molar-refractivity contribution in [2.45, 2.75) is 57.6 Å². The Labute approximate surface area is 202 Å². The summed E-state index contributed by atoms with van der Waals surface area (Å²) in [6, 6.07) is 7.25. The van der Waals surface area contributed by atoms with Crippen LogP contribution in [0.4, 0.5) is 0 Å². The number of morpholine rings is 1. The fraction of sp³-hybridized carbons (Fsp3) is 0.652. The van der Waals surface area contributed by atoms with Crippen LogP contribution in [-0.4, -0.2) is 71.4 Å². The maximum Gasteiger partial charge on any atom is 0.243 e. The van der Waals surface area contributed by atoms with Crippen LogP contribution in [0.3, 0.4) is 0 Å². The van der Waals surface area contributed by atoms with E-state index >= 15 is 0 Å². The highest BCUT2D eigenvalue weighted by atomic mass is 32.2. The van der Waals surface area contributed by atoms with E-state index in [4.69, 9.17) is 22.1 Å². The molecule has 2 aliphatic rings. The molecule has 1 aromatic heterocycles. The van der Waals surface area contributed by atoms with Crippen molar-refractivity contribution in [2.75, 3.05) is 39.4 Å². The van der Waals surface area contributed by atoms with Crippen molar-refractivity contribution in [1.82, 2.24) is 23.6 Å². The lowest BCUT2D eigenvalue weighted by Crippen LogP contribution is -2.40. The summed E-state index contributed by atoms with van der Waals surface area (Å²) in [4.78, 5) is 2.68. The molecule has 0 N–H and O–H groups in total. The van der Waals surface area contributed by atoms with Crippen LogP contribution in [0.25, 0.3) is 11.4 Å². The topological polar surface area (TPSA) is 72.6 Å². The van der Waals surface area contributed by atoms with Gasteiger partial charge in [0.2, 0.25) is 10.0 Å². The molecule has 2 aliphatic heterocycles. The smallest absolute Gasteiger partial charge is 0.243 e. The van der Waals surface area contributed by atoms with E-state index in [1.807, 2.05) is 10.7 Å². The van der Waals surface area contributed by atoms with Crippen molar-refractivity contribution in [2.24, 2.45) is 5.92 Å².